The highest BCUT2D eigenvalue weighted by Gasteiger charge is 2.52. The molecule has 4 aromatic heterocycles. The minimum Gasteiger partial charge on any atom is -0.381 e. The maximum Gasteiger partial charge on any atom is 0.438 e. The third-order valence-electron chi connectivity index (χ3n) is 14.3. The average molecular weight is 901 g/mol. The van der Waals surface area contributed by atoms with Crippen molar-refractivity contribution in [3.05, 3.63) is 139 Å². The Morgan fingerprint density at radius 1 is 0.938 bits per heavy atom. The summed E-state index contributed by atoms with van der Waals surface area (Å²) in [6.07, 6.45) is 8.72. The van der Waals surface area contributed by atoms with Crippen molar-refractivity contribution in [3.63, 3.8) is 0 Å². The van der Waals surface area contributed by atoms with Crippen LogP contribution in [0.2, 0.25) is 0 Å². The number of fused-ring (bicyclic) bond motifs is 2. The van der Waals surface area contributed by atoms with Crippen molar-refractivity contribution in [1.29, 1.82) is 0 Å². The first-order valence-electron chi connectivity index (χ1n) is 22.8. The van der Waals surface area contributed by atoms with Gasteiger partial charge in [0.15, 0.2) is 5.82 Å². The fourth-order valence-corrected chi connectivity index (χ4v) is 12.7. The Hall–Kier alpha value is -6.05. The van der Waals surface area contributed by atoms with E-state index in [9.17, 15) is 14.2 Å². The predicted molar refractivity (Wildman–Crippen MR) is 247 cm³/mol. The zero-order chi connectivity index (χ0) is 45.5. The number of rotatable bonds is 11. The second-order valence-corrected chi connectivity index (χ2v) is 21.5. The first-order valence-corrected chi connectivity index (χ1v) is 24.9. The molecule has 2 fully saturated rings. The van der Waals surface area contributed by atoms with Crippen LogP contribution in [-0.4, -0.2) is 76.5 Å². The van der Waals surface area contributed by atoms with Gasteiger partial charge >= 0.3 is 11.4 Å². The minimum atomic E-state index is -2.59. The van der Waals surface area contributed by atoms with Gasteiger partial charge in [-0.2, -0.15) is 5.10 Å². The van der Waals surface area contributed by atoms with Gasteiger partial charge in [0.25, 0.3) is 5.91 Å². The van der Waals surface area contributed by atoms with E-state index in [-0.39, 0.29) is 17.4 Å². The van der Waals surface area contributed by atoms with Gasteiger partial charge in [-0.15, -0.1) is 0 Å². The second-order valence-electron chi connectivity index (χ2n) is 18.0. The SMILES string of the molecule is CCc1cc(-n2ccn(-c3c4c(nn3-c3cc(C)c(F)c(C)c3)CCN(C(=O)c3cc5cc(C6CCOCC6)ccc5n3C3(c5noc(=O)[nH]5)CC3)C4C)c2=O)ccc1P(=O)(CC)CC. The molecule has 6 heterocycles. The van der Waals surface area contributed by atoms with Crippen molar-refractivity contribution in [1.82, 2.24) is 38.5 Å². The van der Waals surface area contributed by atoms with Gasteiger partial charge in [-0.1, -0.05) is 32.0 Å². The van der Waals surface area contributed by atoms with E-state index >= 15 is 9.18 Å². The number of halogens is 1. The summed E-state index contributed by atoms with van der Waals surface area (Å²) >= 11 is 0. The molecule has 0 spiro atoms. The number of carbonyl (C=O) groups excluding carboxylic acids is 1. The number of nitrogens with zero attached hydrogens (tertiary/aromatic N) is 7. The minimum absolute atomic E-state index is 0.218. The van der Waals surface area contributed by atoms with E-state index in [0.29, 0.717) is 109 Å². The molecule has 0 radical (unpaired) electrons. The average Bonchev–Trinajstić information content (AvgIpc) is 3.60. The normalized spacial score (nSPS) is 17.5. The first kappa shape index (κ1) is 42.9. The Morgan fingerprint density at radius 3 is 2.32 bits per heavy atom. The van der Waals surface area contributed by atoms with Gasteiger partial charge in [0.05, 0.1) is 23.1 Å². The van der Waals surface area contributed by atoms with E-state index < -0.39 is 24.5 Å². The van der Waals surface area contributed by atoms with Crippen molar-refractivity contribution < 1.29 is 23.0 Å². The lowest BCUT2D eigenvalue weighted by atomic mass is 9.91. The fourth-order valence-electron chi connectivity index (χ4n) is 10.5. The largest absolute Gasteiger partial charge is 0.438 e. The number of nitrogens with one attached hydrogen (secondary N) is 1. The van der Waals surface area contributed by atoms with E-state index in [0.717, 1.165) is 40.3 Å². The zero-order valence-corrected chi connectivity index (χ0v) is 38.6. The molecule has 1 unspecified atom stereocenters. The van der Waals surface area contributed by atoms with Gasteiger partial charge in [0, 0.05) is 72.7 Å². The van der Waals surface area contributed by atoms with Crippen LogP contribution in [0, 0.1) is 19.7 Å². The lowest BCUT2D eigenvalue weighted by Gasteiger charge is -2.34. The molecule has 0 bridgehead atoms. The molecule has 1 N–H and O–H groups in total. The van der Waals surface area contributed by atoms with Crippen molar-refractivity contribution in [3.8, 4) is 17.2 Å². The quantitative estimate of drug-likeness (QED) is 0.128. The number of hydrogen-bond donors (Lipinski definition) is 1. The van der Waals surface area contributed by atoms with E-state index in [1.165, 1.54) is 5.56 Å². The highest BCUT2D eigenvalue weighted by atomic mass is 31.2. The number of H-pyrrole nitrogens is 1. The molecular formula is C49H54FN8O6P. The lowest BCUT2D eigenvalue weighted by Crippen LogP contribution is -2.41. The summed E-state index contributed by atoms with van der Waals surface area (Å²) in [5.74, 6) is -0.0208. The van der Waals surface area contributed by atoms with Crippen LogP contribution in [0.4, 0.5) is 4.39 Å². The molecule has 1 aliphatic carbocycles. The molecule has 3 aromatic carbocycles. The molecule has 2 aliphatic heterocycles. The molecule has 1 atom stereocenters. The molecule has 1 saturated heterocycles. The van der Waals surface area contributed by atoms with Crippen LogP contribution < -0.4 is 16.8 Å². The van der Waals surface area contributed by atoms with Crippen molar-refractivity contribution in [2.24, 2.45) is 0 Å². The summed E-state index contributed by atoms with van der Waals surface area (Å²) in [6, 6.07) is 16.9. The van der Waals surface area contributed by atoms with Crippen LogP contribution in [0.3, 0.4) is 0 Å². The number of carbonyl (C=O) groups is 1. The molecule has 16 heteroatoms. The lowest BCUT2D eigenvalue weighted by molar-refractivity contribution is 0.0664. The first-order chi connectivity index (χ1) is 31.3. The van der Waals surface area contributed by atoms with Gasteiger partial charge in [-0.25, -0.2) is 18.7 Å². The number of hydrogen-bond acceptors (Lipinski definition) is 8. The highest BCUT2D eigenvalue weighted by molar-refractivity contribution is 7.71. The fraction of sp³-hybridized carbons (Fsp3) is 0.408. The predicted octanol–water partition coefficient (Wildman–Crippen LogP) is 7.98. The van der Waals surface area contributed by atoms with Gasteiger partial charge in [-0.05, 0) is 130 Å². The summed E-state index contributed by atoms with van der Waals surface area (Å²) in [5.41, 5.74) is 5.82. The van der Waals surface area contributed by atoms with E-state index in [4.69, 9.17) is 14.4 Å². The number of benzene rings is 3. The summed E-state index contributed by atoms with van der Waals surface area (Å²) in [5, 5.41) is 11.0. The summed E-state index contributed by atoms with van der Waals surface area (Å²) < 4.78 is 46.6. The molecule has 10 rings (SSSR count). The van der Waals surface area contributed by atoms with E-state index in [1.807, 2.05) is 61.4 Å². The Labute approximate surface area is 375 Å². The van der Waals surface area contributed by atoms with Crippen molar-refractivity contribution in [2.45, 2.75) is 97.6 Å². The Balaban J connectivity index is 1.10. The number of ether oxygens (including phenoxy) is 1. The molecular weight excluding hydrogens is 847 g/mol. The van der Waals surface area contributed by atoms with Crippen LogP contribution in [0.5, 0.6) is 0 Å². The van der Waals surface area contributed by atoms with Crippen molar-refractivity contribution >= 4 is 29.3 Å². The highest BCUT2D eigenvalue weighted by Crippen LogP contribution is 2.51. The maximum atomic E-state index is 15.4. The number of aromatic nitrogens is 7. The van der Waals surface area contributed by atoms with Gasteiger partial charge < -0.3 is 18.8 Å². The molecule has 3 aliphatic rings. The van der Waals surface area contributed by atoms with E-state index in [1.54, 1.807) is 52.2 Å². The van der Waals surface area contributed by atoms with Crippen LogP contribution in [0.1, 0.15) is 115 Å². The zero-order valence-electron chi connectivity index (χ0n) is 37.7. The third-order valence-corrected chi connectivity index (χ3v) is 17.7. The molecule has 1 saturated carbocycles. The van der Waals surface area contributed by atoms with Crippen LogP contribution in [0.25, 0.3) is 28.1 Å². The number of imidazole rings is 1. The molecule has 14 nitrogen and oxygen atoms in total. The van der Waals surface area contributed by atoms with Gasteiger partial charge in [0.2, 0.25) is 0 Å². The Kier molecular flexibility index (Phi) is 10.6. The molecule has 65 heavy (non-hydrogen) atoms. The summed E-state index contributed by atoms with van der Waals surface area (Å²) in [4.78, 5) is 47.2. The molecule has 1 amide bonds. The summed E-state index contributed by atoms with van der Waals surface area (Å²) in [7, 11) is -2.59. The smallest absolute Gasteiger partial charge is 0.381 e. The van der Waals surface area contributed by atoms with Crippen LogP contribution >= 0.6 is 7.14 Å². The Morgan fingerprint density at radius 2 is 1.66 bits per heavy atom. The standard InChI is InChI=1S/C49H54FN8O6P/c1-7-32-27-36(11-13-41(32)65(62,8-2)9-3)55-20-21-56(48(55)61)44-42-31(6)54(19-14-38(42)52-58(44)37-24-29(4)43(50)30(5)25-37)45(59)40-28-35-26-34(33-15-22-63-23-16-33)10-12-39(35)57(40)49(17-18-49)46-51-47(60)64-53-46/h10-13,20-21,24-28,31,33H,7-9,14-19,22-23H2,1-6H3,(H,51,53,60). The second kappa shape index (κ2) is 16.1. The van der Waals surface area contributed by atoms with Crippen LogP contribution in [0.15, 0.2) is 81.1 Å². The number of amides is 1. The monoisotopic (exact) mass is 900 g/mol. The topological polar surface area (TPSA) is 155 Å². The molecule has 338 valence electrons. The van der Waals surface area contributed by atoms with Crippen molar-refractivity contribution in [2.75, 3.05) is 32.1 Å². The Bertz CT molecular complexity index is 3160. The maximum absolute atomic E-state index is 15.4. The van der Waals surface area contributed by atoms with Gasteiger partial charge in [-0.3, -0.25) is 23.4 Å². The summed E-state index contributed by atoms with van der Waals surface area (Å²) in [6.45, 7) is 13.1. The molecule has 7 aromatic rings. The van der Waals surface area contributed by atoms with Crippen LogP contribution in [-0.2, 0) is 27.7 Å². The van der Waals surface area contributed by atoms with Gasteiger partial charge in [0.1, 0.15) is 30.0 Å². The third kappa shape index (κ3) is 6.92. The number of aryl methyl sites for hydroxylation is 3. The number of aromatic amines is 1. The van der Waals surface area contributed by atoms with E-state index in [2.05, 4.69) is 28.3 Å².